The summed E-state index contributed by atoms with van der Waals surface area (Å²) in [7, 11) is 0. The number of aryl methyl sites for hydroxylation is 1. The molecule has 0 radical (unpaired) electrons. The normalized spacial score (nSPS) is 10.1. The Hall–Kier alpha value is -1.55. The van der Waals surface area contributed by atoms with E-state index in [-0.39, 0.29) is 0 Å². The molecule has 3 nitrogen and oxygen atoms in total. The van der Waals surface area contributed by atoms with E-state index in [1.807, 2.05) is 43.3 Å². The molecule has 0 aliphatic heterocycles. The van der Waals surface area contributed by atoms with Crippen LogP contribution in [0.4, 0.5) is 17.2 Å². The van der Waals surface area contributed by atoms with Gasteiger partial charge in [-0.3, -0.25) is 0 Å². The van der Waals surface area contributed by atoms with Gasteiger partial charge in [0.05, 0.1) is 5.69 Å². The van der Waals surface area contributed by atoms with Gasteiger partial charge < -0.3 is 11.1 Å². The van der Waals surface area contributed by atoms with Gasteiger partial charge >= 0.3 is 0 Å². The molecule has 0 bridgehead atoms. The Bertz CT molecular complexity index is 494. The number of hydrogen-bond acceptors (Lipinski definition) is 3. The van der Waals surface area contributed by atoms with Crippen LogP contribution in [-0.2, 0) is 0 Å². The summed E-state index contributed by atoms with van der Waals surface area (Å²) in [5.74, 6) is 0.697. The summed E-state index contributed by atoms with van der Waals surface area (Å²) in [6, 6.07) is 11.6. The maximum Gasteiger partial charge on any atom is 0.153 e. The largest absolute Gasteiger partial charge is 0.396 e. The lowest BCUT2D eigenvalue weighted by Crippen LogP contribution is -1.99. The molecule has 2 rings (SSSR count). The molecule has 0 unspecified atom stereocenters. The number of hydrogen-bond donors (Lipinski definition) is 2. The Morgan fingerprint density at radius 1 is 1.12 bits per heavy atom. The smallest absolute Gasteiger partial charge is 0.153 e. The third kappa shape index (κ3) is 2.52. The first-order valence-electron chi connectivity index (χ1n) is 4.91. The first kappa shape index (κ1) is 11.0. The lowest BCUT2D eigenvalue weighted by atomic mass is 10.3. The summed E-state index contributed by atoms with van der Waals surface area (Å²) in [5, 5.41) is 3.18. The number of nitrogens with zero attached hydrogens (tertiary/aromatic N) is 1. The third-order valence-electron chi connectivity index (χ3n) is 2.17. The molecule has 2 aromatic rings. The van der Waals surface area contributed by atoms with Crippen LogP contribution >= 0.6 is 15.9 Å². The van der Waals surface area contributed by atoms with Crippen LogP contribution in [0.2, 0.25) is 0 Å². The predicted octanol–water partition coefficient (Wildman–Crippen LogP) is 3.48. The molecule has 0 saturated carbocycles. The van der Waals surface area contributed by atoms with Crippen LogP contribution < -0.4 is 11.1 Å². The standard InChI is InChI=1S/C12H12BrN3/c1-8-2-7-11(14)12(15-8)16-10-5-3-9(13)4-6-10/h2-7H,14H2,1H3,(H,15,16). The Kier molecular flexibility index (Phi) is 3.10. The van der Waals surface area contributed by atoms with Crippen LogP contribution in [0.3, 0.4) is 0 Å². The molecule has 0 fully saturated rings. The highest BCUT2D eigenvalue weighted by Gasteiger charge is 2.01. The average Bonchev–Trinajstić information content (AvgIpc) is 2.27. The lowest BCUT2D eigenvalue weighted by molar-refractivity contribution is 1.20. The second kappa shape index (κ2) is 4.53. The van der Waals surface area contributed by atoms with Gasteiger partial charge in [0.25, 0.3) is 0 Å². The molecule has 4 heteroatoms. The Morgan fingerprint density at radius 2 is 1.81 bits per heavy atom. The molecule has 0 amide bonds. The number of nitrogens with one attached hydrogen (secondary N) is 1. The molecule has 0 spiro atoms. The summed E-state index contributed by atoms with van der Waals surface area (Å²) in [6.07, 6.45) is 0. The number of nitrogen functional groups attached to an aromatic ring is 1. The van der Waals surface area contributed by atoms with Crippen molar-refractivity contribution in [1.29, 1.82) is 0 Å². The zero-order valence-electron chi connectivity index (χ0n) is 8.87. The molecule has 0 saturated heterocycles. The fraction of sp³-hybridized carbons (Fsp3) is 0.0833. The zero-order valence-corrected chi connectivity index (χ0v) is 10.5. The van der Waals surface area contributed by atoms with Crippen molar-refractivity contribution in [3.8, 4) is 0 Å². The van der Waals surface area contributed by atoms with Gasteiger partial charge in [0.1, 0.15) is 0 Å². The molecular weight excluding hydrogens is 266 g/mol. The number of halogens is 1. The summed E-state index contributed by atoms with van der Waals surface area (Å²) in [6.45, 7) is 1.94. The van der Waals surface area contributed by atoms with E-state index in [1.54, 1.807) is 0 Å². The highest BCUT2D eigenvalue weighted by Crippen LogP contribution is 2.22. The van der Waals surface area contributed by atoms with Crippen LogP contribution in [0, 0.1) is 6.92 Å². The molecule has 82 valence electrons. The van der Waals surface area contributed by atoms with Crippen molar-refractivity contribution in [1.82, 2.24) is 4.98 Å². The number of nitrogens with two attached hydrogens (primary N) is 1. The van der Waals surface area contributed by atoms with Gasteiger partial charge in [0.15, 0.2) is 5.82 Å². The predicted molar refractivity (Wildman–Crippen MR) is 70.8 cm³/mol. The van der Waals surface area contributed by atoms with Gasteiger partial charge in [0.2, 0.25) is 0 Å². The average molecular weight is 278 g/mol. The summed E-state index contributed by atoms with van der Waals surface area (Å²) < 4.78 is 1.04. The van der Waals surface area contributed by atoms with Crippen molar-refractivity contribution in [3.05, 3.63) is 46.6 Å². The molecule has 0 aliphatic rings. The van der Waals surface area contributed by atoms with Crippen LogP contribution in [0.25, 0.3) is 0 Å². The molecule has 3 N–H and O–H groups in total. The molecule has 0 aliphatic carbocycles. The zero-order chi connectivity index (χ0) is 11.5. The van der Waals surface area contributed by atoms with E-state index in [1.165, 1.54) is 0 Å². The van der Waals surface area contributed by atoms with E-state index in [9.17, 15) is 0 Å². The SMILES string of the molecule is Cc1ccc(N)c(Nc2ccc(Br)cc2)n1. The molecule has 0 atom stereocenters. The first-order valence-corrected chi connectivity index (χ1v) is 5.70. The van der Waals surface area contributed by atoms with E-state index < -0.39 is 0 Å². The van der Waals surface area contributed by atoms with Gasteiger partial charge in [-0.15, -0.1) is 0 Å². The minimum absolute atomic E-state index is 0.647. The topological polar surface area (TPSA) is 50.9 Å². The van der Waals surface area contributed by atoms with Crippen LogP contribution in [0.5, 0.6) is 0 Å². The van der Waals surface area contributed by atoms with Gasteiger partial charge in [-0.05, 0) is 43.3 Å². The summed E-state index contributed by atoms with van der Waals surface area (Å²) >= 11 is 3.39. The van der Waals surface area contributed by atoms with Crippen LogP contribution in [0.1, 0.15) is 5.69 Å². The highest BCUT2D eigenvalue weighted by molar-refractivity contribution is 9.10. The van der Waals surface area contributed by atoms with E-state index in [0.717, 1.165) is 15.9 Å². The van der Waals surface area contributed by atoms with E-state index >= 15 is 0 Å². The minimum Gasteiger partial charge on any atom is -0.396 e. The monoisotopic (exact) mass is 277 g/mol. The molecule has 1 aromatic heterocycles. The summed E-state index contributed by atoms with van der Waals surface area (Å²) in [5.41, 5.74) is 8.38. The Labute approximate surface area is 103 Å². The van der Waals surface area contributed by atoms with Crippen molar-refractivity contribution in [2.45, 2.75) is 6.92 Å². The Balaban J connectivity index is 2.26. The molecule has 1 heterocycles. The number of anilines is 3. The van der Waals surface area contributed by atoms with Crippen molar-refractivity contribution in [2.75, 3.05) is 11.1 Å². The maximum atomic E-state index is 5.83. The van der Waals surface area contributed by atoms with E-state index in [2.05, 4.69) is 26.2 Å². The van der Waals surface area contributed by atoms with Crippen molar-refractivity contribution in [3.63, 3.8) is 0 Å². The maximum absolute atomic E-state index is 5.83. The fourth-order valence-electron chi connectivity index (χ4n) is 1.34. The lowest BCUT2D eigenvalue weighted by Gasteiger charge is -2.08. The van der Waals surface area contributed by atoms with Gasteiger partial charge in [0, 0.05) is 15.9 Å². The highest BCUT2D eigenvalue weighted by atomic mass is 79.9. The second-order valence-corrected chi connectivity index (χ2v) is 4.44. The van der Waals surface area contributed by atoms with Crippen molar-refractivity contribution < 1.29 is 0 Å². The van der Waals surface area contributed by atoms with E-state index in [0.29, 0.717) is 11.5 Å². The van der Waals surface area contributed by atoms with Crippen LogP contribution in [0.15, 0.2) is 40.9 Å². The number of aromatic nitrogens is 1. The number of benzene rings is 1. The number of pyridine rings is 1. The van der Waals surface area contributed by atoms with Gasteiger partial charge in [-0.2, -0.15) is 0 Å². The quantitative estimate of drug-likeness (QED) is 0.884. The van der Waals surface area contributed by atoms with Gasteiger partial charge in [-0.25, -0.2) is 4.98 Å². The molecular formula is C12H12BrN3. The Morgan fingerprint density at radius 3 is 2.50 bits per heavy atom. The second-order valence-electron chi connectivity index (χ2n) is 3.52. The van der Waals surface area contributed by atoms with Crippen molar-refractivity contribution in [2.24, 2.45) is 0 Å². The van der Waals surface area contributed by atoms with E-state index in [4.69, 9.17) is 5.73 Å². The first-order chi connectivity index (χ1) is 7.65. The van der Waals surface area contributed by atoms with Crippen molar-refractivity contribution >= 4 is 33.1 Å². The third-order valence-corrected chi connectivity index (χ3v) is 2.70. The summed E-state index contributed by atoms with van der Waals surface area (Å²) in [4.78, 5) is 4.34. The van der Waals surface area contributed by atoms with Crippen LogP contribution in [-0.4, -0.2) is 4.98 Å². The minimum atomic E-state index is 0.647. The van der Waals surface area contributed by atoms with Gasteiger partial charge in [-0.1, -0.05) is 15.9 Å². The number of rotatable bonds is 2. The molecule has 16 heavy (non-hydrogen) atoms. The molecule has 1 aromatic carbocycles. The fourth-order valence-corrected chi connectivity index (χ4v) is 1.60.